The molecule has 0 amide bonds. The molecule has 1 aliphatic heterocycles. The zero-order valence-electron chi connectivity index (χ0n) is 9.72. The van der Waals surface area contributed by atoms with Crippen molar-refractivity contribution in [3.05, 3.63) is 34.7 Å². The van der Waals surface area contributed by atoms with Gasteiger partial charge in [0, 0.05) is 6.54 Å². The second kappa shape index (κ2) is 5.21. The number of hydrogen-bond donors (Lipinski definition) is 0. The molecule has 1 unspecified atom stereocenters. The van der Waals surface area contributed by atoms with Crippen LogP contribution in [0.4, 0.5) is 5.69 Å². The van der Waals surface area contributed by atoms with E-state index in [9.17, 15) is 4.91 Å². The largest absolute Gasteiger partial charge is 0.306 e. The fraction of sp³-hybridized carbons (Fsp3) is 0.538. The standard InChI is InChI=1S/C13H18N2O/c1-15-9-8-12(10-15)3-2-11-4-6-13(14-16)7-5-11/h4-7,12H,2-3,8-10H2,1H3. The third kappa shape index (κ3) is 2.89. The first-order chi connectivity index (χ1) is 7.78. The Bertz CT molecular complexity index is 347. The summed E-state index contributed by atoms with van der Waals surface area (Å²) in [6.45, 7) is 2.46. The fourth-order valence-electron chi connectivity index (χ4n) is 2.36. The molecule has 0 saturated carbocycles. The van der Waals surface area contributed by atoms with Crippen LogP contribution in [0.5, 0.6) is 0 Å². The van der Waals surface area contributed by atoms with Crippen molar-refractivity contribution in [1.82, 2.24) is 4.90 Å². The van der Waals surface area contributed by atoms with Crippen molar-refractivity contribution in [3.63, 3.8) is 0 Å². The maximum Gasteiger partial charge on any atom is 0.108 e. The Balaban J connectivity index is 1.82. The van der Waals surface area contributed by atoms with Crippen LogP contribution >= 0.6 is 0 Å². The lowest BCUT2D eigenvalue weighted by Crippen LogP contribution is -2.14. The molecule has 16 heavy (non-hydrogen) atoms. The van der Waals surface area contributed by atoms with Crippen LogP contribution in [-0.4, -0.2) is 25.0 Å². The van der Waals surface area contributed by atoms with E-state index >= 15 is 0 Å². The van der Waals surface area contributed by atoms with Gasteiger partial charge in [-0.3, -0.25) is 0 Å². The molecule has 1 fully saturated rings. The predicted octanol–water partition coefficient (Wildman–Crippen LogP) is 2.97. The number of rotatable bonds is 4. The molecule has 86 valence electrons. The Morgan fingerprint density at radius 1 is 1.38 bits per heavy atom. The highest BCUT2D eigenvalue weighted by Gasteiger charge is 2.18. The first kappa shape index (κ1) is 11.3. The molecule has 0 radical (unpaired) electrons. The van der Waals surface area contributed by atoms with Gasteiger partial charge in [-0.2, -0.15) is 0 Å². The van der Waals surface area contributed by atoms with Gasteiger partial charge >= 0.3 is 0 Å². The normalized spacial score (nSPS) is 21.2. The van der Waals surface area contributed by atoms with Gasteiger partial charge in [-0.05, 0) is 61.6 Å². The Hall–Kier alpha value is -1.22. The first-order valence-electron chi connectivity index (χ1n) is 5.89. The lowest BCUT2D eigenvalue weighted by molar-refractivity contribution is 0.388. The van der Waals surface area contributed by atoms with Gasteiger partial charge in [0.25, 0.3) is 0 Å². The number of aryl methyl sites for hydroxylation is 1. The van der Waals surface area contributed by atoms with E-state index in [2.05, 4.69) is 17.1 Å². The van der Waals surface area contributed by atoms with Crippen LogP contribution in [-0.2, 0) is 6.42 Å². The molecule has 1 aromatic carbocycles. The molecule has 0 spiro atoms. The Kier molecular flexibility index (Phi) is 3.67. The molecule has 0 N–H and O–H groups in total. The van der Waals surface area contributed by atoms with Crippen molar-refractivity contribution in [2.75, 3.05) is 20.1 Å². The van der Waals surface area contributed by atoms with Crippen molar-refractivity contribution in [3.8, 4) is 0 Å². The van der Waals surface area contributed by atoms with E-state index in [1.165, 1.54) is 31.5 Å². The van der Waals surface area contributed by atoms with Crippen molar-refractivity contribution in [1.29, 1.82) is 0 Å². The summed E-state index contributed by atoms with van der Waals surface area (Å²) in [4.78, 5) is 12.7. The second-order valence-corrected chi connectivity index (χ2v) is 4.71. The molecule has 3 nitrogen and oxygen atoms in total. The summed E-state index contributed by atoms with van der Waals surface area (Å²) in [6, 6.07) is 7.61. The fourth-order valence-corrected chi connectivity index (χ4v) is 2.36. The van der Waals surface area contributed by atoms with Crippen LogP contribution < -0.4 is 0 Å². The number of nitroso groups, excluding NO2 is 1. The van der Waals surface area contributed by atoms with Crippen LogP contribution in [0.1, 0.15) is 18.4 Å². The SMILES string of the molecule is CN1CCC(CCc2ccc(N=O)cc2)C1. The molecule has 1 aliphatic rings. The number of hydrogen-bond acceptors (Lipinski definition) is 3. The van der Waals surface area contributed by atoms with Gasteiger partial charge in [0.15, 0.2) is 0 Å². The zero-order valence-corrected chi connectivity index (χ0v) is 9.72. The van der Waals surface area contributed by atoms with Crippen molar-refractivity contribution in [2.24, 2.45) is 11.1 Å². The third-order valence-corrected chi connectivity index (χ3v) is 3.37. The minimum atomic E-state index is 0.518. The van der Waals surface area contributed by atoms with E-state index in [1.54, 1.807) is 12.1 Å². The first-order valence-corrected chi connectivity index (χ1v) is 5.89. The summed E-state index contributed by atoms with van der Waals surface area (Å²) in [6.07, 6.45) is 3.68. The van der Waals surface area contributed by atoms with Crippen molar-refractivity contribution < 1.29 is 0 Å². The van der Waals surface area contributed by atoms with Gasteiger partial charge in [-0.25, -0.2) is 0 Å². The topological polar surface area (TPSA) is 32.7 Å². The molecule has 0 aliphatic carbocycles. The van der Waals surface area contributed by atoms with Gasteiger partial charge in [0.2, 0.25) is 0 Å². The Morgan fingerprint density at radius 3 is 2.69 bits per heavy atom. The van der Waals surface area contributed by atoms with Crippen LogP contribution in [0.25, 0.3) is 0 Å². The van der Waals surface area contributed by atoms with E-state index in [4.69, 9.17) is 0 Å². The highest BCUT2D eigenvalue weighted by molar-refractivity contribution is 5.38. The van der Waals surface area contributed by atoms with Gasteiger partial charge < -0.3 is 4.90 Å². The number of nitrogens with zero attached hydrogens (tertiary/aromatic N) is 2. The number of benzene rings is 1. The quantitative estimate of drug-likeness (QED) is 0.728. The maximum absolute atomic E-state index is 10.3. The highest BCUT2D eigenvalue weighted by Crippen LogP contribution is 2.21. The molecule has 2 rings (SSSR count). The number of likely N-dealkylation sites (tertiary alicyclic amines) is 1. The summed E-state index contributed by atoms with van der Waals surface area (Å²) in [7, 11) is 2.19. The smallest absolute Gasteiger partial charge is 0.108 e. The van der Waals surface area contributed by atoms with Gasteiger partial charge in [0.05, 0.1) is 0 Å². The van der Waals surface area contributed by atoms with E-state index < -0.39 is 0 Å². The second-order valence-electron chi connectivity index (χ2n) is 4.71. The molecule has 1 aromatic rings. The monoisotopic (exact) mass is 218 g/mol. The summed E-state index contributed by atoms with van der Waals surface area (Å²) in [5.41, 5.74) is 1.83. The van der Waals surface area contributed by atoms with Gasteiger partial charge in [-0.15, -0.1) is 4.91 Å². The summed E-state index contributed by atoms with van der Waals surface area (Å²) >= 11 is 0. The van der Waals surface area contributed by atoms with Crippen molar-refractivity contribution >= 4 is 5.69 Å². The lowest BCUT2D eigenvalue weighted by atomic mass is 9.99. The van der Waals surface area contributed by atoms with Gasteiger partial charge in [0.1, 0.15) is 5.69 Å². The van der Waals surface area contributed by atoms with Crippen LogP contribution in [0.2, 0.25) is 0 Å². The third-order valence-electron chi connectivity index (χ3n) is 3.37. The van der Waals surface area contributed by atoms with Crippen LogP contribution in [0.3, 0.4) is 0 Å². The molecule has 1 atom stereocenters. The molecule has 1 saturated heterocycles. The summed E-state index contributed by atoms with van der Waals surface area (Å²) in [5.74, 6) is 0.842. The summed E-state index contributed by atoms with van der Waals surface area (Å²) < 4.78 is 0. The Morgan fingerprint density at radius 2 is 2.12 bits per heavy atom. The molecular weight excluding hydrogens is 200 g/mol. The molecule has 1 heterocycles. The zero-order chi connectivity index (χ0) is 11.4. The molecular formula is C13H18N2O. The highest BCUT2D eigenvalue weighted by atomic mass is 16.3. The summed E-state index contributed by atoms with van der Waals surface area (Å²) in [5, 5.41) is 2.90. The molecule has 0 bridgehead atoms. The predicted molar refractivity (Wildman–Crippen MR) is 65.8 cm³/mol. The maximum atomic E-state index is 10.3. The molecule has 0 aromatic heterocycles. The van der Waals surface area contributed by atoms with Crippen molar-refractivity contribution in [2.45, 2.75) is 19.3 Å². The minimum Gasteiger partial charge on any atom is -0.306 e. The van der Waals surface area contributed by atoms with E-state index in [-0.39, 0.29) is 0 Å². The molecule has 3 heteroatoms. The lowest BCUT2D eigenvalue weighted by Gasteiger charge is -2.10. The average molecular weight is 218 g/mol. The van der Waals surface area contributed by atoms with Crippen LogP contribution in [0.15, 0.2) is 29.4 Å². The van der Waals surface area contributed by atoms with E-state index in [1.807, 2.05) is 12.1 Å². The van der Waals surface area contributed by atoms with Crippen LogP contribution in [0, 0.1) is 10.8 Å². The van der Waals surface area contributed by atoms with E-state index in [0.717, 1.165) is 12.3 Å². The van der Waals surface area contributed by atoms with Gasteiger partial charge in [-0.1, -0.05) is 12.1 Å². The average Bonchev–Trinajstić information content (AvgIpc) is 2.73. The Labute approximate surface area is 96.4 Å². The van der Waals surface area contributed by atoms with E-state index in [0.29, 0.717) is 5.69 Å². The minimum absolute atomic E-state index is 0.518.